The van der Waals surface area contributed by atoms with Crippen LogP contribution in [0.4, 0.5) is 0 Å². The topological polar surface area (TPSA) is 59.0 Å². The molecule has 0 aliphatic carbocycles. The van der Waals surface area contributed by atoms with Crippen molar-refractivity contribution in [2.75, 3.05) is 20.3 Å². The molecule has 1 aromatic heterocycles. The van der Waals surface area contributed by atoms with Crippen LogP contribution >= 0.6 is 23.8 Å². The zero-order valence-electron chi connectivity index (χ0n) is 11.1. The SMILES string of the molecule is COCCNC(=O)CCn1c(=S)[nH]c2ccc(Cl)cc21. The maximum Gasteiger partial charge on any atom is 0.221 e. The maximum absolute atomic E-state index is 11.7. The largest absolute Gasteiger partial charge is 0.383 e. The highest BCUT2D eigenvalue weighted by atomic mass is 35.5. The number of carbonyl (C=O) groups excluding carboxylic acids is 1. The Morgan fingerprint density at radius 3 is 3.10 bits per heavy atom. The molecule has 2 N–H and O–H groups in total. The summed E-state index contributed by atoms with van der Waals surface area (Å²) in [5, 5.41) is 3.42. The first-order valence-electron chi connectivity index (χ1n) is 6.25. The molecule has 1 amide bonds. The number of hydrogen-bond donors (Lipinski definition) is 2. The van der Waals surface area contributed by atoms with Crippen LogP contribution in [0.3, 0.4) is 0 Å². The van der Waals surface area contributed by atoms with Gasteiger partial charge in [-0.1, -0.05) is 11.6 Å². The Hall–Kier alpha value is -1.37. The van der Waals surface area contributed by atoms with Gasteiger partial charge in [-0.2, -0.15) is 0 Å². The lowest BCUT2D eigenvalue weighted by molar-refractivity contribution is -0.121. The number of aryl methyl sites for hydroxylation is 1. The van der Waals surface area contributed by atoms with Gasteiger partial charge in [0.1, 0.15) is 0 Å². The van der Waals surface area contributed by atoms with Crippen LogP contribution < -0.4 is 5.32 Å². The van der Waals surface area contributed by atoms with E-state index in [-0.39, 0.29) is 5.91 Å². The van der Waals surface area contributed by atoms with Gasteiger partial charge in [-0.05, 0) is 30.4 Å². The van der Waals surface area contributed by atoms with Gasteiger partial charge in [0.05, 0.1) is 17.6 Å². The van der Waals surface area contributed by atoms with Crippen LogP contribution in [0.2, 0.25) is 5.02 Å². The number of amides is 1. The minimum absolute atomic E-state index is 0.0275. The van der Waals surface area contributed by atoms with Crippen molar-refractivity contribution >= 4 is 40.8 Å². The number of halogens is 1. The number of fused-ring (bicyclic) bond motifs is 1. The van der Waals surface area contributed by atoms with Gasteiger partial charge in [-0.15, -0.1) is 0 Å². The number of aromatic nitrogens is 2. The summed E-state index contributed by atoms with van der Waals surface area (Å²) in [6, 6.07) is 5.52. The summed E-state index contributed by atoms with van der Waals surface area (Å²) in [6.07, 6.45) is 0.359. The lowest BCUT2D eigenvalue weighted by atomic mass is 10.3. The summed E-state index contributed by atoms with van der Waals surface area (Å²) in [5.41, 5.74) is 1.83. The number of ether oxygens (including phenoxy) is 1. The Labute approximate surface area is 126 Å². The highest BCUT2D eigenvalue weighted by molar-refractivity contribution is 7.71. The molecule has 0 radical (unpaired) electrons. The van der Waals surface area contributed by atoms with Crippen LogP contribution in [-0.4, -0.2) is 35.7 Å². The molecule has 7 heteroatoms. The van der Waals surface area contributed by atoms with Crippen molar-refractivity contribution in [3.05, 3.63) is 28.0 Å². The number of methoxy groups -OCH3 is 1. The molecule has 5 nitrogen and oxygen atoms in total. The quantitative estimate of drug-likeness (QED) is 0.636. The number of nitrogens with one attached hydrogen (secondary N) is 2. The van der Waals surface area contributed by atoms with E-state index in [0.717, 1.165) is 11.0 Å². The normalized spacial score (nSPS) is 10.9. The van der Waals surface area contributed by atoms with Crippen molar-refractivity contribution in [3.63, 3.8) is 0 Å². The minimum atomic E-state index is -0.0275. The van der Waals surface area contributed by atoms with E-state index in [9.17, 15) is 4.79 Å². The van der Waals surface area contributed by atoms with Gasteiger partial charge in [0.15, 0.2) is 4.77 Å². The molecule has 1 aromatic carbocycles. The van der Waals surface area contributed by atoms with E-state index >= 15 is 0 Å². The zero-order chi connectivity index (χ0) is 14.5. The molecule has 0 saturated heterocycles. The lowest BCUT2D eigenvalue weighted by Gasteiger charge is -2.06. The van der Waals surface area contributed by atoms with Crippen LogP contribution in [-0.2, 0) is 16.1 Å². The summed E-state index contributed by atoms with van der Waals surface area (Å²) in [6.45, 7) is 1.53. The van der Waals surface area contributed by atoms with E-state index in [0.29, 0.717) is 35.9 Å². The molecule has 20 heavy (non-hydrogen) atoms. The van der Waals surface area contributed by atoms with Gasteiger partial charge in [0.25, 0.3) is 0 Å². The van der Waals surface area contributed by atoms with E-state index in [1.54, 1.807) is 13.2 Å². The Balaban J connectivity index is 2.06. The number of nitrogens with zero attached hydrogens (tertiary/aromatic N) is 1. The van der Waals surface area contributed by atoms with Crippen molar-refractivity contribution in [2.24, 2.45) is 0 Å². The predicted octanol–water partition coefficient (Wildman–Crippen LogP) is 2.50. The summed E-state index contributed by atoms with van der Waals surface area (Å²) in [7, 11) is 1.60. The van der Waals surface area contributed by atoms with Gasteiger partial charge >= 0.3 is 0 Å². The van der Waals surface area contributed by atoms with Crippen molar-refractivity contribution in [1.82, 2.24) is 14.9 Å². The number of carbonyl (C=O) groups is 1. The summed E-state index contributed by atoms with van der Waals surface area (Å²) < 4.78 is 7.35. The summed E-state index contributed by atoms with van der Waals surface area (Å²) in [4.78, 5) is 14.8. The molecule has 0 spiro atoms. The number of aromatic amines is 1. The average molecular weight is 314 g/mol. The minimum Gasteiger partial charge on any atom is -0.383 e. The lowest BCUT2D eigenvalue weighted by Crippen LogP contribution is -2.27. The molecule has 2 rings (SSSR count). The van der Waals surface area contributed by atoms with Gasteiger partial charge in [-0.3, -0.25) is 4.79 Å². The molecule has 0 bridgehead atoms. The third-order valence-electron chi connectivity index (χ3n) is 2.93. The first-order chi connectivity index (χ1) is 9.61. The van der Waals surface area contributed by atoms with Crippen molar-refractivity contribution < 1.29 is 9.53 Å². The Morgan fingerprint density at radius 2 is 2.35 bits per heavy atom. The van der Waals surface area contributed by atoms with Crippen LogP contribution in [0.15, 0.2) is 18.2 Å². The molecule has 0 fully saturated rings. The maximum atomic E-state index is 11.7. The molecule has 0 atom stereocenters. The van der Waals surface area contributed by atoms with E-state index in [4.69, 9.17) is 28.6 Å². The van der Waals surface area contributed by atoms with E-state index in [1.807, 2.05) is 16.7 Å². The highest BCUT2D eigenvalue weighted by Gasteiger charge is 2.07. The second-order valence-electron chi connectivity index (χ2n) is 4.34. The van der Waals surface area contributed by atoms with Crippen LogP contribution in [0.1, 0.15) is 6.42 Å². The van der Waals surface area contributed by atoms with Crippen molar-refractivity contribution in [1.29, 1.82) is 0 Å². The fourth-order valence-corrected chi connectivity index (χ4v) is 2.41. The highest BCUT2D eigenvalue weighted by Crippen LogP contribution is 2.19. The second kappa shape index (κ2) is 6.88. The molecular formula is C13H16ClN3O2S. The van der Waals surface area contributed by atoms with Crippen LogP contribution in [0, 0.1) is 4.77 Å². The number of benzene rings is 1. The van der Waals surface area contributed by atoms with Crippen LogP contribution in [0.25, 0.3) is 11.0 Å². The standard InChI is InChI=1S/C13H16ClN3O2S/c1-19-7-5-15-12(18)4-6-17-11-8-9(14)2-3-10(11)16-13(17)20/h2-3,8H,4-7H2,1H3,(H,15,18)(H,16,20). The van der Waals surface area contributed by atoms with E-state index in [2.05, 4.69) is 10.3 Å². The monoisotopic (exact) mass is 313 g/mol. The molecular weight excluding hydrogens is 298 g/mol. The van der Waals surface area contributed by atoms with Gasteiger partial charge in [-0.25, -0.2) is 0 Å². The van der Waals surface area contributed by atoms with E-state index in [1.165, 1.54) is 0 Å². The van der Waals surface area contributed by atoms with Crippen LogP contribution in [0.5, 0.6) is 0 Å². The number of imidazole rings is 1. The summed E-state index contributed by atoms with van der Waals surface area (Å²) >= 11 is 11.3. The molecule has 0 saturated carbocycles. The second-order valence-corrected chi connectivity index (χ2v) is 5.16. The number of H-pyrrole nitrogens is 1. The first-order valence-corrected chi connectivity index (χ1v) is 7.04. The Kier molecular flexibility index (Phi) is 5.17. The zero-order valence-corrected chi connectivity index (χ0v) is 12.7. The van der Waals surface area contributed by atoms with Crippen molar-refractivity contribution in [2.45, 2.75) is 13.0 Å². The molecule has 0 unspecified atom stereocenters. The summed E-state index contributed by atoms with van der Waals surface area (Å²) in [5.74, 6) is -0.0275. The number of hydrogen-bond acceptors (Lipinski definition) is 3. The smallest absolute Gasteiger partial charge is 0.221 e. The fraction of sp³-hybridized carbons (Fsp3) is 0.385. The third-order valence-corrected chi connectivity index (χ3v) is 3.49. The predicted molar refractivity (Wildman–Crippen MR) is 81.6 cm³/mol. The van der Waals surface area contributed by atoms with Crippen molar-refractivity contribution in [3.8, 4) is 0 Å². The van der Waals surface area contributed by atoms with Gasteiger partial charge in [0.2, 0.25) is 5.91 Å². The van der Waals surface area contributed by atoms with Gasteiger partial charge < -0.3 is 19.6 Å². The molecule has 108 valence electrons. The van der Waals surface area contributed by atoms with E-state index < -0.39 is 0 Å². The number of rotatable bonds is 6. The Morgan fingerprint density at radius 1 is 1.55 bits per heavy atom. The molecule has 1 heterocycles. The Bertz CT molecular complexity index is 665. The molecule has 0 aliphatic heterocycles. The van der Waals surface area contributed by atoms with Gasteiger partial charge in [0, 0.05) is 31.6 Å². The fourth-order valence-electron chi connectivity index (χ4n) is 1.94. The first kappa shape index (κ1) is 15.0. The molecule has 2 aromatic rings. The average Bonchev–Trinajstić information content (AvgIpc) is 2.72. The molecule has 0 aliphatic rings. The third kappa shape index (κ3) is 3.59.